The number of methoxy groups -OCH3 is 2. The highest BCUT2D eigenvalue weighted by atomic mass is 16.5. The van der Waals surface area contributed by atoms with Crippen molar-refractivity contribution in [2.75, 3.05) is 20.8 Å². The number of hydrogen-bond acceptors (Lipinski definition) is 5. The highest BCUT2D eigenvalue weighted by molar-refractivity contribution is 6.11. The lowest BCUT2D eigenvalue weighted by atomic mass is 9.91. The summed E-state index contributed by atoms with van der Waals surface area (Å²) in [7, 11) is 3.03. The van der Waals surface area contributed by atoms with E-state index in [1.54, 1.807) is 25.1 Å². The summed E-state index contributed by atoms with van der Waals surface area (Å²) in [6.45, 7) is 5.21. The third kappa shape index (κ3) is 3.36. The Morgan fingerprint density at radius 1 is 1.13 bits per heavy atom. The summed E-state index contributed by atoms with van der Waals surface area (Å²) in [5, 5.41) is 2.74. The summed E-state index contributed by atoms with van der Waals surface area (Å²) in [6, 6.07) is 6.75. The predicted molar refractivity (Wildman–Crippen MR) is 114 cm³/mol. The van der Waals surface area contributed by atoms with Gasteiger partial charge in [-0.2, -0.15) is 0 Å². The van der Waals surface area contributed by atoms with Crippen molar-refractivity contribution in [2.24, 2.45) is 0 Å². The first-order valence-electron chi connectivity index (χ1n) is 10.3. The van der Waals surface area contributed by atoms with Crippen LogP contribution in [-0.4, -0.2) is 48.0 Å². The van der Waals surface area contributed by atoms with Gasteiger partial charge < -0.3 is 19.4 Å². The van der Waals surface area contributed by atoms with Crippen molar-refractivity contribution in [2.45, 2.75) is 45.2 Å². The minimum atomic E-state index is -1.30. The van der Waals surface area contributed by atoms with Gasteiger partial charge in [0.25, 0.3) is 5.91 Å². The van der Waals surface area contributed by atoms with E-state index in [9.17, 15) is 14.4 Å². The number of benzene rings is 1. The standard InChI is InChI=1S/C23H27N3O5/c1-13-10-17(14(2)26(13)16-7-8-16)18(27)12-25-21(28)23(3,24-22(25)29)15-6-9-19(30-4)20(11-15)31-5/h6,9-11,16H,7-8,12H2,1-5H3,(H,24,29)/t23-/m1/s1. The summed E-state index contributed by atoms with van der Waals surface area (Å²) >= 11 is 0. The summed E-state index contributed by atoms with van der Waals surface area (Å²) in [5.74, 6) is 0.240. The fraction of sp³-hybridized carbons (Fsp3) is 0.435. The number of Topliss-reactive ketones (excluding diaryl/α,β-unsaturated/α-hetero) is 1. The molecule has 1 aromatic heterocycles. The van der Waals surface area contributed by atoms with Gasteiger partial charge in [-0.25, -0.2) is 4.79 Å². The van der Waals surface area contributed by atoms with Gasteiger partial charge in [-0.05, 0) is 57.4 Å². The summed E-state index contributed by atoms with van der Waals surface area (Å²) in [5.41, 5.74) is 1.72. The van der Waals surface area contributed by atoms with E-state index in [2.05, 4.69) is 9.88 Å². The molecule has 8 nitrogen and oxygen atoms in total. The van der Waals surface area contributed by atoms with Gasteiger partial charge in [0.15, 0.2) is 17.3 Å². The summed E-state index contributed by atoms with van der Waals surface area (Å²) in [4.78, 5) is 39.9. The fourth-order valence-electron chi connectivity index (χ4n) is 4.37. The van der Waals surface area contributed by atoms with E-state index in [0.717, 1.165) is 29.1 Å². The molecule has 1 aliphatic heterocycles. The highest BCUT2D eigenvalue weighted by Gasteiger charge is 2.50. The van der Waals surface area contributed by atoms with Crippen LogP contribution >= 0.6 is 0 Å². The molecule has 1 saturated heterocycles. The minimum absolute atomic E-state index is 0.250. The van der Waals surface area contributed by atoms with E-state index in [1.165, 1.54) is 14.2 Å². The summed E-state index contributed by atoms with van der Waals surface area (Å²) < 4.78 is 12.7. The topological polar surface area (TPSA) is 89.9 Å². The van der Waals surface area contributed by atoms with E-state index in [-0.39, 0.29) is 12.3 Å². The number of imide groups is 1. The van der Waals surface area contributed by atoms with Crippen molar-refractivity contribution >= 4 is 17.7 Å². The van der Waals surface area contributed by atoms with Crippen LogP contribution in [0.15, 0.2) is 24.3 Å². The Hall–Kier alpha value is -3.29. The van der Waals surface area contributed by atoms with Crippen LogP contribution in [0.5, 0.6) is 11.5 Å². The summed E-state index contributed by atoms with van der Waals surface area (Å²) in [6.07, 6.45) is 2.22. The van der Waals surface area contributed by atoms with Crippen molar-refractivity contribution in [1.82, 2.24) is 14.8 Å². The normalized spacial score (nSPS) is 20.7. The number of carbonyl (C=O) groups is 3. The smallest absolute Gasteiger partial charge is 0.325 e. The van der Waals surface area contributed by atoms with E-state index < -0.39 is 17.5 Å². The van der Waals surface area contributed by atoms with E-state index in [4.69, 9.17) is 9.47 Å². The molecule has 0 radical (unpaired) electrons. The van der Waals surface area contributed by atoms with Gasteiger partial charge in [0.1, 0.15) is 5.54 Å². The van der Waals surface area contributed by atoms with Crippen LogP contribution in [0.1, 0.15) is 53.1 Å². The Balaban J connectivity index is 1.59. The van der Waals surface area contributed by atoms with Crippen LogP contribution in [-0.2, 0) is 10.3 Å². The molecule has 8 heteroatoms. The zero-order valence-electron chi connectivity index (χ0n) is 18.4. The Bertz CT molecular complexity index is 1090. The molecule has 2 heterocycles. The molecule has 2 aromatic rings. The first-order chi connectivity index (χ1) is 14.7. The second-order valence-corrected chi connectivity index (χ2v) is 8.33. The molecule has 2 fully saturated rings. The Kier molecular flexibility index (Phi) is 5.03. The largest absolute Gasteiger partial charge is 0.493 e. The van der Waals surface area contributed by atoms with E-state index in [0.29, 0.717) is 28.7 Å². The van der Waals surface area contributed by atoms with Gasteiger partial charge in [-0.15, -0.1) is 0 Å². The fourth-order valence-corrected chi connectivity index (χ4v) is 4.37. The number of amides is 3. The molecule has 0 bridgehead atoms. The third-order valence-corrected chi connectivity index (χ3v) is 6.23. The van der Waals surface area contributed by atoms with Gasteiger partial charge in [0.05, 0.1) is 20.8 Å². The molecule has 1 aliphatic carbocycles. The lowest BCUT2D eigenvalue weighted by Crippen LogP contribution is -2.41. The van der Waals surface area contributed by atoms with Crippen molar-refractivity contribution in [3.63, 3.8) is 0 Å². The highest BCUT2D eigenvalue weighted by Crippen LogP contribution is 2.39. The van der Waals surface area contributed by atoms with Crippen molar-refractivity contribution in [3.05, 3.63) is 46.8 Å². The van der Waals surface area contributed by atoms with Crippen LogP contribution in [0.4, 0.5) is 4.79 Å². The number of urea groups is 1. The lowest BCUT2D eigenvalue weighted by Gasteiger charge is -2.23. The quantitative estimate of drug-likeness (QED) is 0.544. The number of ether oxygens (including phenoxy) is 2. The molecule has 0 unspecified atom stereocenters. The Morgan fingerprint density at radius 2 is 1.81 bits per heavy atom. The molecule has 1 saturated carbocycles. The van der Waals surface area contributed by atoms with Crippen LogP contribution in [0.3, 0.4) is 0 Å². The molecule has 1 N–H and O–H groups in total. The lowest BCUT2D eigenvalue weighted by molar-refractivity contribution is -0.130. The molecule has 4 rings (SSSR count). The van der Waals surface area contributed by atoms with E-state index >= 15 is 0 Å². The van der Waals surface area contributed by atoms with E-state index in [1.807, 2.05) is 19.9 Å². The van der Waals surface area contributed by atoms with Crippen LogP contribution in [0.25, 0.3) is 0 Å². The SMILES string of the molecule is COc1ccc([C@@]2(C)NC(=O)N(CC(=O)c3cc(C)n(C4CC4)c3C)C2=O)cc1OC. The average molecular weight is 425 g/mol. The van der Waals surface area contributed by atoms with Crippen molar-refractivity contribution in [1.29, 1.82) is 0 Å². The van der Waals surface area contributed by atoms with Crippen molar-refractivity contribution < 1.29 is 23.9 Å². The molecule has 164 valence electrons. The van der Waals surface area contributed by atoms with Gasteiger partial charge in [0.2, 0.25) is 0 Å². The maximum absolute atomic E-state index is 13.2. The number of nitrogens with zero attached hydrogens (tertiary/aromatic N) is 2. The molecular weight excluding hydrogens is 398 g/mol. The Labute approximate surface area is 181 Å². The molecule has 1 atom stereocenters. The first kappa shape index (κ1) is 21.0. The molecular formula is C23H27N3O5. The number of carbonyl (C=O) groups excluding carboxylic acids is 3. The Morgan fingerprint density at radius 3 is 2.42 bits per heavy atom. The second kappa shape index (κ2) is 7.44. The van der Waals surface area contributed by atoms with Gasteiger partial charge in [0, 0.05) is 23.0 Å². The average Bonchev–Trinajstić information content (AvgIpc) is 3.50. The maximum Gasteiger partial charge on any atom is 0.325 e. The minimum Gasteiger partial charge on any atom is -0.493 e. The monoisotopic (exact) mass is 425 g/mol. The van der Waals surface area contributed by atoms with Crippen molar-refractivity contribution in [3.8, 4) is 11.5 Å². The molecule has 2 aliphatic rings. The zero-order valence-corrected chi connectivity index (χ0v) is 18.4. The second-order valence-electron chi connectivity index (χ2n) is 8.33. The van der Waals surface area contributed by atoms with Crippen LogP contribution in [0.2, 0.25) is 0 Å². The maximum atomic E-state index is 13.2. The van der Waals surface area contributed by atoms with Gasteiger partial charge in [-0.1, -0.05) is 6.07 Å². The molecule has 3 amide bonds. The van der Waals surface area contributed by atoms with Gasteiger partial charge in [-0.3, -0.25) is 14.5 Å². The molecule has 1 aromatic carbocycles. The number of rotatable bonds is 7. The van der Waals surface area contributed by atoms with Crippen LogP contribution < -0.4 is 14.8 Å². The predicted octanol–water partition coefficient (Wildman–Crippen LogP) is 3.11. The molecule has 31 heavy (non-hydrogen) atoms. The number of aromatic nitrogens is 1. The number of aryl methyl sites for hydroxylation is 1. The number of nitrogens with one attached hydrogen (secondary N) is 1. The first-order valence-corrected chi connectivity index (χ1v) is 10.3. The van der Waals surface area contributed by atoms with Gasteiger partial charge >= 0.3 is 6.03 Å². The molecule has 0 spiro atoms. The number of hydrogen-bond donors (Lipinski definition) is 1. The third-order valence-electron chi connectivity index (χ3n) is 6.23. The zero-order chi connectivity index (χ0) is 22.5. The number of ketones is 1. The van der Waals surface area contributed by atoms with Crippen LogP contribution in [0, 0.1) is 13.8 Å².